The van der Waals surface area contributed by atoms with Crippen LogP contribution in [-0.2, 0) is 20.3 Å². The smallest absolute Gasteiger partial charge is 0.372 e. The third kappa shape index (κ3) is 3.46. The molecule has 0 aliphatic carbocycles. The zero-order valence-corrected chi connectivity index (χ0v) is 17.5. The Morgan fingerprint density at radius 3 is 2.48 bits per heavy atom. The average molecular weight is 453 g/mol. The van der Waals surface area contributed by atoms with Gasteiger partial charge in [-0.05, 0) is 34.0 Å². The molecule has 0 bridgehead atoms. The van der Waals surface area contributed by atoms with Gasteiger partial charge in [0.15, 0.2) is 5.76 Å². The van der Waals surface area contributed by atoms with Crippen LogP contribution in [-0.4, -0.2) is 23.9 Å². The molecule has 0 spiro atoms. The summed E-state index contributed by atoms with van der Waals surface area (Å²) in [7, 11) is -0.883. The van der Waals surface area contributed by atoms with Gasteiger partial charge in [0.1, 0.15) is 0 Å². The molecule has 1 heterocycles. The van der Waals surface area contributed by atoms with E-state index in [2.05, 4.69) is 22.9 Å². The third-order valence-electron chi connectivity index (χ3n) is 4.41. The fraction of sp³-hybridized carbons (Fsp3) is 0.222. The highest BCUT2D eigenvalue weighted by molar-refractivity contribution is 9.15. The third-order valence-corrected chi connectivity index (χ3v) is 7.51. The predicted molar refractivity (Wildman–Crippen MR) is 108 cm³/mol. The molecule has 0 saturated carbocycles. The Morgan fingerprint density at radius 1 is 1.26 bits per heavy atom. The molecule has 0 fully saturated rings. The zero-order chi connectivity index (χ0) is 19.8. The summed E-state index contributed by atoms with van der Waals surface area (Å²) in [5, 5.41) is 11.4. The van der Waals surface area contributed by atoms with Gasteiger partial charge in [-0.15, -0.1) is 4.83 Å². The molecule has 1 aliphatic heterocycles. The first-order chi connectivity index (χ1) is 12.8. The molecular formula is C18H18BrN2O5P. The second-order valence-corrected chi connectivity index (χ2v) is 8.97. The van der Waals surface area contributed by atoms with E-state index in [1.54, 1.807) is 6.07 Å². The lowest BCUT2D eigenvalue weighted by Crippen LogP contribution is -2.28. The van der Waals surface area contributed by atoms with Gasteiger partial charge in [-0.1, -0.05) is 31.2 Å². The molecule has 2 aromatic rings. The average Bonchev–Trinajstić information content (AvgIpc) is 2.69. The Hall–Kier alpha value is -1.99. The minimum absolute atomic E-state index is 0.168. The van der Waals surface area contributed by atoms with Crippen molar-refractivity contribution in [1.29, 1.82) is 0 Å². The molecule has 1 unspecified atom stereocenters. The second kappa shape index (κ2) is 7.56. The van der Waals surface area contributed by atoms with E-state index in [1.807, 2.05) is 24.3 Å². The molecular weight excluding hydrogens is 435 g/mol. The number of hydrogen-bond donors (Lipinski definition) is 0. The van der Waals surface area contributed by atoms with Crippen molar-refractivity contribution in [2.45, 2.75) is 13.3 Å². The second-order valence-electron chi connectivity index (χ2n) is 5.91. The van der Waals surface area contributed by atoms with Crippen molar-refractivity contribution >= 4 is 44.7 Å². The number of benzene rings is 2. The maximum atomic E-state index is 13.7. The van der Waals surface area contributed by atoms with Gasteiger partial charge in [-0.25, -0.2) is 0 Å². The standard InChI is InChI=1S/C18H18BrN2O5P/c1-4-12-5-7-13(8-6-12)18-17(19)15-10-9-14(21(22)23)11-16(15)27(24,26-18)20(2)25-3/h5-11H,4H2,1-3H3. The Bertz CT molecular complexity index is 974. The molecule has 1 atom stereocenters. The van der Waals surface area contributed by atoms with Gasteiger partial charge in [0.2, 0.25) is 0 Å². The molecule has 142 valence electrons. The fourth-order valence-electron chi connectivity index (χ4n) is 2.78. The first kappa shape index (κ1) is 19.8. The monoisotopic (exact) mass is 452 g/mol. The summed E-state index contributed by atoms with van der Waals surface area (Å²) < 4.78 is 20.2. The molecule has 9 heteroatoms. The molecule has 0 radical (unpaired) electrons. The highest BCUT2D eigenvalue weighted by atomic mass is 79.9. The molecule has 1 aliphatic rings. The Kier molecular flexibility index (Phi) is 5.53. The van der Waals surface area contributed by atoms with Gasteiger partial charge in [0.05, 0.1) is 21.8 Å². The van der Waals surface area contributed by atoms with Crippen LogP contribution in [0.25, 0.3) is 10.2 Å². The van der Waals surface area contributed by atoms with Crippen molar-refractivity contribution in [2.24, 2.45) is 0 Å². The molecule has 0 aromatic heterocycles. The summed E-state index contributed by atoms with van der Waals surface area (Å²) in [5.74, 6) is 0.395. The van der Waals surface area contributed by atoms with E-state index in [-0.39, 0.29) is 11.0 Å². The minimum Gasteiger partial charge on any atom is -0.426 e. The molecule has 0 saturated heterocycles. The molecule has 2 aromatic carbocycles. The number of fused-ring (bicyclic) bond motifs is 1. The lowest BCUT2D eigenvalue weighted by Gasteiger charge is -2.32. The largest absolute Gasteiger partial charge is 0.426 e. The number of hydroxylamine groups is 1. The highest BCUT2D eigenvalue weighted by Gasteiger charge is 2.42. The Labute approximate surface area is 165 Å². The van der Waals surface area contributed by atoms with Gasteiger partial charge in [-0.3, -0.25) is 19.5 Å². The van der Waals surface area contributed by atoms with Crippen LogP contribution in [0.2, 0.25) is 0 Å². The van der Waals surface area contributed by atoms with Crippen molar-refractivity contribution in [1.82, 2.24) is 4.83 Å². The maximum Gasteiger partial charge on any atom is 0.372 e. The van der Waals surface area contributed by atoms with E-state index in [4.69, 9.17) is 9.36 Å². The van der Waals surface area contributed by atoms with Crippen molar-refractivity contribution in [3.63, 3.8) is 0 Å². The predicted octanol–water partition coefficient (Wildman–Crippen LogP) is 4.72. The molecule has 0 N–H and O–H groups in total. The van der Waals surface area contributed by atoms with Crippen LogP contribution in [0.5, 0.6) is 0 Å². The summed E-state index contributed by atoms with van der Waals surface area (Å²) in [6.45, 7) is 2.06. The van der Waals surface area contributed by atoms with E-state index in [1.165, 1.54) is 31.9 Å². The number of hydrogen-bond acceptors (Lipinski definition) is 5. The van der Waals surface area contributed by atoms with Crippen molar-refractivity contribution in [3.05, 3.63) is 69.3 Å². The van der Waals surface area contributed by atoms with Gasteiger partial charge in [-0.2, -0.15) is 0 Å². The number of nitro groups is 1. The Balaban J connectivity index is 2.23. The molecule has 0 amide bonds. The number of halogens is 1. The number of nitro benzene ring substituents is 1. The Morgan fingerprint density at radius 2 is 1.93 bits per heavy atom. The first-order valence-electron chi connectivity index (χ1n) is 8.18. The molecule has 3 rings (SSSR count). The van der Waals surface area contributed by atoms with E-state index in [0.29, 0.717) is 15.8 Å². The lowest BCUT2D eigenvalue weighted by atomic mass is 10.1. The van der Waals surface area contributed by atoms with E-state index in [9.17, 15) is 14.7 Å². The quantitative estimate of drug-likeness (QED) is 0.370. The van der Waals surface area contributed by atoms with E-state index < -0.39 is 12.4 Å². The fourth-order valence-corrected chi connectivity index (χ4v) is 5.67. The van der Waals surface area contributed by atoms with Gasteiger partial charge >= 0.3 is 7.52 Å². The zero-order valence-electron chi connectivity index (χ0n) is 15.0. The number of aryl methyl sites for hydroxylation is 1. The summed E-state index contributed by atoms with van der Waals surface area (Å²) in [6, 6.07) is 11.9. The van der Waals surface area contributed by atoms with Crippen molar-refractivity contribution < 1.29 is 18.8 Å². The number of non-ortho nitro benzene ring substituents is 1. The van der Waals surface area contributed by atoms with Crippen LogP contribution in [0.15, 0.2) is 42.5 Å². The van der Waals surface area contributed by atoms with E-state index in [0.717, 1.165) is 16.8 Å². The van der Waals surface area contributed by atoms with Crippen LogP contribution < -0.4 is 5.30 Å². The van der Waals surface area contributed by atoms with Crippen LogP contribution in [0.3, 0.4) is 0 Å². The van der Waals surface area contributed by atoms with Crippen LogP contribution in [0, 0.1) is 10.1 Å². The summed E-state index contributed by atoms with van der Waals surface area (Å²) in [5.41, 5.74) is 2.30. The molecule has 7 nitrogen and oxygen atoms in total. The summed E-state index contributed by atoms with van der Waals surface area (Å²) in [6.07, 6.45) is 0.902. The van der Waals surface area contributed by atoms with Gasteiger partial charge in [0, 0.05) is 30.3 Å². The number of nitrogens with zero attached hydrogens (tertiary/aromatic N) is 2. The number of rotatable bonds is 5. The normalized spacial score (nSPS) is 19.0. The first-order valence-corrected chi connectivity index (χ1v) is 10.5. The minimum atomic E-state index is -3.72. The maximum absolute atomic E-state index is 13.7. The van der Waals surface area contributed by atoms with E-state index >= 15 is 0 Å². The lowest BCUT2D eigenvalue weighted by molar-refractivity contribution is -0.384. The topological polar surface area (TPSA) is 81.9 Å². The van der Waals surface area contributed by atoms with Gasteiger partial charge < -0.3 is 4.52 Å². The summed E-state index contributed by atoms with van der Waals surface area (Å²) in [4.78, 5) is 16.9. The van der Waals surface area contributed by atoms with Crippen molar-refractivity contribution in [3.8, 4) is 0 Å². The SMILES string of the molecule is CCc1ccc(C2=C(Br)c3ccc([N+](=O)[O-])cc3P(=O)(N(C)OC)O2)cc1. The summed E-state index contributed by atoms with van der Waals surface area (Å²) >= 11 is 3.51. The van der Waals surface area contributed by atoms with Crippen LogP contribution >= 0.6 is 23.4 Å². The molecule has 27 heavy (non-hydrogen) atoms. The van der Waals surface area contributed by atoms with Gasteiger partial charge in [0.25, 0.3) is 5.69 Å². The highest BCUT2D eigenvalue weighted by Crippen LogP contribution is 2.58. The van der Waals surface area contributed by atoms with Crippen molar-refractivity contribution in [2.75, 3.05) is 14.2 Å². The van der Waals surface area contributed by atoms with Crippen LogP contribution in [0.1, 0.15) is 23.6 Å². The van der Waals surface area contributed by atoms with Crippen LogP contribution in [0.4, 0.5) is 5.69 Å².